The molecule has 0 atom stereocenters. The average molecular weight is 238 g/mol. The van der Waals surface area contributed by atoms with Crippen LogP contribution in [0.1, 0.15) is 58.8 Å². The summed E-state index contributed by atoms with van der Waals surface area (Å²) in [5.41, 5.74) is 5.59. The molecule has 2 rings (SSSR count). The third-order valence-electron chi connectivity index (χ3n) is 4.72. The lowest BCUT2D eigenvalue weighted by Gasteiger charge is -2.47. The van der Waals surface area contributed by atoms with E-state index in [0.29, 0.717) is 12.5 Å². The fourth-order valence-electron chi connectivity index (χ4n) is 3.58. The molecule has 98 valence electrons. The molecule has 0 aromatic heterocycles. The fourth-order valence-corrected chi connectivity index (χ4v) is 3.58. The molecule has 0 aliphatic heterocycles. The van der Waals surface area contributed by atoms with Crippen molar-refractivity contribution in [1.82, 2.24) is 5.32 Å². The van der Waals surface area contributed by atoms with Gasteiger partial charge in [0.1, 0.15) is 0 Å². The van der Waals surface area contributed by atoms with E-state index in [1.807, 2.05) is 0 Å². The Bertz CT molecular complexity index is 289. The number of nitrogens with one attached hydrogen (secondary N) is 1. The minimum Gasteiger partial charge on any atom is -0.350 e. The summed E-state index contributed by atoms with van der Waals surface area (Å²) in [6, 6.07) is 0. The molecule has 1 amide bonds. The molecule has 0 bridgehead atoms. The minimum atomic E-state index is -0.250. The van der Waals surface area contributed by atoms with Gasteiger partial charge in [0.2, 0.25) is 5.91 Å². The number of hydrogen-bond acceptors (Lipinski definition) is 2. The zero-order chi connectivity index (χ0) is 12.5. The third kappa shape index (κ3) is 2.49. The molecule has 2 fully saturated rings. The molecule has 0 saturated heterocycles. The summed E-state index contributed by atoms with van der Waals surface area (Å²) in [5, 5.41) is 3.29. The van der Waals surface area contributed by atoms with E-state index in [2.05, 4.69) is 19.2 Å². The van der Waals surface area contributed by atoms with Crippen LogP contribution in [0.4, 0.5) is 0 Å². The highest BCUT2D eigenvalue weighted by Gasteiger charge is 2.48. The summed E-state index contributed by atoms with van der Waals surface area (Å²) >= 11 is 0. The van der Waals surface area contributed by atoms with Gasteiger partial charge < -0.3 is 11.1 Å². The van der Waals surface area contributed by atoms with Crippen LogP contribution >= 0.6 is 0 Å². The molecule has 0 aromatic rings. The summed E-state index contributed by atoms with van der Waals surface area (Å²) in [5.74, 6) is 0.867. The molecule has 0 unspecified atom stereocenters. The standard InChI is InChI=1S/C14H26N2O/c1-11-8-14(9-11,10-15)12(17)16-13(2)6-4-3-5-7-13/h11H,3-10,15H2,1-2H3,(H,16,17). The highest BCUT2D eigenvalue weighted by molar-refractivity contribution is 5.84. The molecule has 3 nitrogen and oxygen atoms in total. The Kier molecular flexibility index (Phi) is 3.48. The lowest BCUT2D eigenvalue weighted by Crippen LogP contribution is -2.59. The van der Waals surface area contributed by atoms with Crippen LogP contribution in [-0.2, 0) is 4.79 Å². The van der Waals surface area contributed by atoms with Crippen molar-refractivity contribution >= 4 is 5.91 Å². The van der Waals surface area contributed by atoms with Gasteiger partial charge >= 0.3 is 0 Å². The predicted molar refractivity (Wildman–Crippen MR) is 69.5 cm³/mol. The van der Waals surface area contributed by atoms with Crippen LogP contribution in [0, 0.1) is 11.3 Å². The molecule has 2 saturated carbocycles. The van der Waals surface area contributed by atoms with Crippen molar-refractivity contribution in [1.29, 1.82) is 0 Å². The average Bonchev–Trinajstić information content (AvgIpc) is 2.24. The molecule has 2 aliphatic rings. The SMILES string of the molecule is CC1CC(CN)(C(=O)NC2(C)CCCCC2)C1. The maximum atomic E-state index is 12.4. The Morgan fingerprint density at radius 2 is 1.88 bits per heavy atom. The Hall–Kier alpha value is -0.570. The number of amides is 1. The molecule has 2 aliphatic carbocycles. The van der Waals surface area contributed by atoms with Crippen LogP contribution in [0.5, 0.6) is 0 Å². The molecule has 0 spiro atoms. The smallest absolute Gasteiger partial charge is 0.227 e. The van der Waals surface area contributed by atoms with Crippen LogP contribution in [0.15, 0.2) is 0 Å². The van der Waals surface area contributed by atoms with Crippen LogP contribution < -0.4 is 11.1 Å². The van der Waals surface area contributed by atoms with Gasteiger partial charge in [0.15, 0.2) is 0 Å². The Morgan fingerprint density at radius 3 is 2.35 bits per heavy atom. The second kappa shape index (κ2) is 4.60. The van der Waals surface area contributed by atoms with E-state index in [9.17, 15) is 4.79 Å². The largest absolute Gasteiger partial charge is 0.350 e. The molecular formula is C14H26N2O. The highest BCUT2D eigenvalue weighted by atomic mass is 16.2. The zero-order valence-electron chi connectivity index (χ0n) is 11.2. The molecule has 0 radical (unpaired) electrons. The van der Waals surface area contributed by atoms with Crippen LogP contribution in [0.25, 0.3) is 0 Å². The molecular weight excluding hydrogens is 212 g/mol. The molecule has 3 heteroatoms. The number of carbonyl (C=O) groups is 1. The summed E-state index contributed by atoms with van der Waals surface area (Å²) in [6.45, 7) is 4.89. The molecule has 0 aromatic carbocycles. The van der Waals surface area contributed by atoms with Crippen molar-refractivity contribution in [3.63, 3.8) is 0 Å². The first-order chi connectivity index (χ1) is 8.00. The summed E-state index contributed by atoms with van der Waals surface area (Å²) in [6.07, 6.45) is 7.96. The summed E-state index contributed by atoms with van der Waals surface area (Å²) in [4.78, 5) is 12.4. The lowest BCUT2D eigenvalue weighted by atomic mass is 9.61. The van der Waals surface area contributed by atoms with E-state index in [-0.39, 0.29) is 16.9 Å². The second-order valence-corrected chi connectivity index (χ2v) is 6.57. The quantitative estimate of drug-likeness (QED) is 0.792. The van der Waals surface area contributed by atoms with Gasteiger partial charge in [-0.1, -0.05) is 26.2 Å². The highest BCUT2D eigenvalue weighted by Crippen LogP contribution is 2.45. The van der Waals surface area contributed by atoms with Crippen molar-refractivity contribution in [2.45, 2.75) is 64.3 Å². The van der Waals surface area contributed by atoms with Crippen molar-refractivity contribution in [2.24, 2.45) is 17.1 Å². The van der Waals surface area contributed by atoms with Crippen molar-refractivity contribution in [3.8, 4) is 0 Å². The van der Waals surface area contributed by atoms with E-state index in [0.717, 1.165) is 25.7 Å². The fraction of sp³-hybridized carbons (Fsp3) is 0.929. The van der Waals surface area contributed by atoms with Crippen molar-refractivity contribution in [3.05, 3.63) is 0 Å². The number of rotatable bonds is 3. The second-order valence-electron chi connectivity index (χ2n) is 6.57. The molecule has 3 N–H and O–H groups in total. The number of carbonyl (C=O) groups excluding carboxylic acids is 1. The Balaban J connectivity index is 1.96. The zero-order valence-corrected chi connectivity index (χ0v) is 11.2. The van der Waals surface area contributed by atoms with Gasteiger partial charge in [-0.25, -0.2) is 0 Å². The Labute approximate surface area is 105 Å². The van der Waals surface area contributed by atoms with Gasteiger partial charge in [-0.2, -0.15) is 0 Å². The normalized spacial score (nSPS) is 36.1. The van der Waals surface area contributed by atoms with Crippen LogP contribution in [0.3, 0.4) is 0 Å². The van der Waals surface area contributed by atoms with Gasteiger partial charge in [-0.15, -0.1) is 0 Å². The topological polar surface area (TPSA) is 55.1 Å². The van der Waals surface area contributed by atoms with Gasteiger partial charge in [0, 0.05) is 12.1 Å². The maximum Gasteiger partial charge on any atom is 0.227 e. The minimum absolute atomic E-state index is 0.0241. The first kappa shape index (κ1) is 12.9. The van der Waals surface area contributed by atoms with E-state index < -0.39 is 0 Å². The first-order valence-electron chi connectivity index (χ1n) is 7.02. The van der Waals surface area contributed by atoms with Gasteiger partial charge in [0.25, 0.3) is 0 Å². The predicted octanol–water partition coefficient (Wildman–Crippen LogP) is 2.20. The number of hydrogen-bond donors (Lipinski definition) is 2. The first-order valence-corrected chi connectivity index (χ1v) is 7.02. The van der Waals surface area contributed by atoms with Crippen LogP contribution in [-0.4, -0.2) is 18.0 Å². The van der Waals surface area contributed by atoms with Gasteiger partial charge in [-0.05, 0) is 38.5 Å². The van der Waals surface area contributed by atoms with Crippen LogP contribution in [0.2, 0.25) is 0 Å². The van der Waals surface area contributed by atoms with E-state index in [4.69, 9.17) is 5.73 Å². The lowest BCUT2D eigenvalue weighted by molar-refractivity contribution is -0.140. The van der Waals surface area contributed by atoms with Gasteiger partial charge in [-0.3, -0.25) is 4.79 Å². The van der Waals surface area contributed by atoms with E-state index in [1.54, 1.807) is 0 Å². The van der Waals surface area contributed by atoms with E-state index in [1.165, 1.54) is 19.3 Å². The van der Waals surface area contributed by atoms with Crippen molar-refractivity contribution < 1.29 is 4.79 Å². The van der Waals surface area contributed by atoms with Crippen molar-refractivity contribution in [2.75, 3.05) is 6.54 Å². The summed E-state index contributed by atoms with van der Waals surface area (Å²) < 4.78 is 0. The molecule has 0 heterocycles. The van der Waals surface area contributed by atoms with E-state index >= 15 is 0 Å². The maximum absolute atomic E-state index is 12.4. The Morgan fingerprint density at radius 1 is 1.29 bits per heavy atom. The molecule has 17 heavy (non-hydrogen) atoms. The van der Waals surface area contributed by atoms with Gasteiger partial charge in [0.05, 0.1) is 5.41 Å². The summed E-state index contributed by atoms with van der Waals surface area (Å²) in [7, 11) is 0. The third-order valence-corrected chi connectivity index (χ3v) is 4.72. The number of nitrogens with two attached hydrogens (primary N) is 1. The monoisotopic (exact) mass is 238 g/mol.